The van der Waals surface area contributed by atoms with Gasteiger partial charge >= 0.3 is 5.97 Å². The fourth-order valence-electron chi connectivity index (χ4n) is 3.23. The highest BCUT2D eigenvalue weighted by molar-refractivity contribution is 7.16. The second-order valence-electron chi connectivity index (χ2n) is 9.06. The van der Waals surface area contributed by atoms with Gasteiger partial charge in [0, 0.05) is 10.3 Å². The Morgan fingerprint density at radius 3 is 2.35 bits per heavy atom. The fraction of sp³-hybridized carbons (Fsp3) is 0.458. The third-order valence-electron chi connectivity index (χ3n) is 5.40. The molecule has 1 atom stereocenters. The number of anilines is 1. The molecule has 1 fully saturated rings. The first-order valence-corrected chi connectivity index (χ1v) is 11.3. The largest absolute Gasteiger partial charge is 0.452 e. The molecular weight excluding hydrogens is 412 g/mol. The SMILES string of the molecule is Cc1sc(NC(=O)C(C)(C)C)c(C(=O)OCC(=O)NC(c2ccccc2)C2CC2)c1C. The van der Waals surface area contributed by atoms with E-state index < -0.39 is 11.4 Å². The topological polar surface area (TPSA) is 84.5 Å². The number of benzene rings is 1. The van der Waals surface area contributed by atoms with Crippen LogP contribution in [0.2, 0.25) is 0 Å². The summed E-state index contributed by atoms with van der Waals surface area (Å²) in [7, 11) is 0. The van der Waals surface area contributed by atoms with Crippen LogP contribution in [0.3, 0.4) is 0 Å². The summed E-state index contributed by atoms with van der Waals surface area (Å²) in [5.74, 6) is -0.707. The van der Waals surface area contributed by atoms with Crippen LogP contribution in [0.25, 0.3) is 0 Å². The minimum Gasteiger partial charge on any atom is -0.452 e. The zero-order valence-corrected chi connectivity index (χ0v) is 19.5. The molecule has 2 aromatic rings. The van der Waals surface area contributed by atoms with Crippen LogP contribution >= 0.6 is 11.3 Å². The molecule has 0 bridgehead atoms. The maximum absolute atomic E-state index is 12.8. The lowest BCUT2D eigenvalue weighted by Crippen LogP contribution is -2.33. The van der Waals surface area contributed by atoms with Gasteiger partial charge in [0.25, 0.3) is 5.91 Å². The van der Waals surface area contributed by atoms with Gasteiger partial charge in [-0.2, -0.15) is 0 Å². The Morgan fingerprint density at radius 1 is 1.13 bits per heavy atom. The molecule has 0 spiro atoms. The van der Waals surface area contributed by atoms with E-state index in [1.54, 1.807) is 20.8 Å². The van der Waals surface area contributed by atoms with E-state index in [0.717, 1.165) is 28.8 Å². The van der Waals surface area contributed by atoms with Crippen molar-refractivity contribution in [2.75, 3.05) is 11.9 Å². The zero-order valence-electron chi connectivity index (χ0n) is 18.7. The number of hydrogen-bond donors (Lipinski definition) is 2. The third-order valence-corrected chi connectivity index (χ3v) is 6.52. The van der Waals surface area contributed by atoms with Crippen molar-refractivity contribution < 1.29 is 19.1 Å². The van der Waals surface area contributed by atoms with Crippen LogP contribution in [-0.4, -0.2) is 24.4 Å². The van der Waals surface area contributed by atoms with Crippen molar-refractivity contribution in [2.24, 2.45) is 11.3 Å². The first-order valence-electron chi connectivity index (χ1n) is 10.5. The number of amides is 2. The first-order chi connectivity index (χ1) is 14.6. The highest BCUT2D eigenvalue weighted by Gasteiger charge is 2.33. The summed E-state index contributed by atoms with van der Waals surface area (Å²) in [6.07, 6.45) is 2.15. The van der Waals surface area contributed by atoms with Gasteiger partial charge in [-0.05, 0) is 43.7 Å². The Labute approximate surface area is 187 Å². The van der Waals surface area contributed by atoms with Crippen LogP contribution in [0.4, 0.5) is 5.00 Å². The fourth-order valence-corrected chi connectivity index (χ4v) is 4.28. The Morgan fingerprint density at radius 2 is 1.77 bits per heavy atom. The summed E-state index contributed by atoms with van der Waals surface area (Å²) in [6, 6.07) is 9.77. The van der Waals surface area contributed by atoms with Gasteiger partial charge in [-0.1, -0.05) is 51.1 Å². The van der Waals surface area contributed by atoms with Crippen molar-refractivity contribution in [3.63, 3.8) is 0 Å². The van der Waals surface area contributed by atoms with E-state index in [1.165, 1.54) is 11.3 Å². The minimum atomic E-state index is -0.608. The van der Waals surface area contributed by atoms with E-state index in [2.05, 4.69) is 10.6 Å². The molecule has 1 aliphatic rings. The normalized spacial score (nSPS) is 14.6. The maximum atomic E-state index is 12.8. The highest BCUT2D eigenvalue weighted by Crippen LogP contribution is 2.41. The van der Waals surface area contributed by atoms with Crippen LogP contribution in [0.1, 0.15) is 66.0 Å². The van der Waals surface area contributed by atoms with E-state index in [0.29, 0.717) is 16.5 Å². The van der Waals surface area contributed by atoms with Gasteiger partial charge in [-0.3, -0.25) is 9.59 Å². The number of ether oxygens (including phenoxy) is 1. The smallest absolute Gasteiger partial charge is 0.341 e. The van der Waals surface area contributed by atoms with E-state index >= 15 is 0 Å². The lowest BCUT2D eigenvalue weighted by Gasteiger charge is -2.19. The second kappa shape index (κ2) is 9.22. The molecule has 1 aliphatic carbocycles. The number of esters is 1. The molecule has 166 valence electrons. The number of thiophene rings is 1. The van der Waals surface area contributed by atoms with Gasteiger partial charge in [0.05, 0.1) is 11.6 Å². The molecule has 0 aliphatic heterocycles. The highest BCUT2D eigenvalue weighted by atomic mass is 32.1. The van der Waals surface area contributed by atoms with Gasteiger partial charge < -0.3 is 15.4 Å². The predicted octanol–water partition coefficient (Wildman–Crippen LogP) is 4.77. The molecule has 0 radical (unpaired) electrons. The molecule has 2 N–H and O–H groups in total. The second-order valence-corrected chi connectivity index (χ2v) is 10.3. The number of carbonyl (C=O) groups excluding carboxylic acids is 3. The standard InChI is InChI=1S/C24H30N2O4S/c1-14-15(2)31-21(26-23(29)24(3,4)5)19(14)22(28)30-13-18(27)25-20(17-11-12-17)16-9-7-6-8-10-16/h6-10,17,20H,11-13H2,1-5H3,(H,25,27)(H,26,29). The van der Waals surface area contributed by atoms with Crippen LogP contribution in [0, 0.1) is 25.2 Å². The summed E-state index contributed by atoms with van der Waals surface area (Å²) in [6.45, 7) is 8.75. The predicted molar refractivity (Wildman–Crippen MR) is 122 cm³/mol. The van der Waals surface area contributed by atoms with Crippen molar-refractivity contribution in [1.29, 1.82) is 0 Å². The van der Waals surface area contributed by atoms with Crippen molar-refractivity contribution in [2.45, 2.75) is 53.5 Å². The van der Waals surface area contributed by atoms with E-state index in [1.807, 2.05) is 44.2 Å². The average Bonchev–Trinajstić information content (AvgIpc) is 3.51. The lowest BCUT2D eigenvalue weighted by atomic mass is 9.96. The van der Waals surface area contributed by atoms with Gasteiger partial charge in [-0.25, -0.2) is 4.79 Å². The van der Waals surface area contributed by atoms with Gasteiger partial charge in [0.2, 0.25) is 5.91 Å². The zero-order chi connectivity index (χ0) is 22.8. The molecule has 31 heavy (non-hydrogen) atoms. The molecule has 1 heterocycles. The number of hydrogen-bond acceptors (Lipinski definition) is 5. The number of carbonyl (C=O) groups is 3. The Bertz CT molecular complexity index is 971. The Balaban J connectivity index is 1.65. The molecule has 3 rings (SSSR count). The summed E-state index contributed by atoms with van der Waals surface area (Å²) in [5.41, 5.74) is 1.53. The molecule has 1 saturated carbocycles. The first kappa shape index (κ1) is 23.0. The van der Waals surface area contributed by atoms with E-state index in [-0.39, 0.29) is 24.5 Å². The number of aryl methyl sites for hydroxylation is 1. The lowest BCUT2D eigenvalue weighted by molar-refractivity contribution is -0.125. The van der Waals surface area contributed by atoms with Crippen LogP contribution in [-0.2, 0) is 14.3 Å². The third kappa shape index (κ3) is 5.73. The van der Waals surface area contributed by atoms with Crippen molar-refractivity contribution in [1.82, 2.24) is 5.32 Å². The monoisotopic (exact) mass is 442 g/mol. The molecule has 2 amide bonds. The molecule has 6 nitrogen and oxygen atoms in total. The van der Waals surface area contributed by atoms with Crippen molar-refractivity contribution >= 4 is 34.1 Å². The average molecular weight is 443 g/mol. The molecule has 7 heteroatoms. The van der Waals surface area contributed by atoms with Crippen LogP contribution in [0.15, 0.2) is 30.3 Å². The molecule has 1 aromatic heterocycles. The van der Waals surface area contributed by atoms with E-state index in [9.17, 15) is 14.4 Å². The van der Waals surface area contributed by atoms with Gasteiger partial charge in [-0.15, -0.1) is 11.3 Å². The Hall–Kier alpha value is -2.67. The minimum absolute atomic E-state index is 0.0702. The van der Waals surface area contributed by atoms with Crippen LogP contribution in [0.5, 0.6) is 0 Å². The summed E-state index contributed by atoms with van der Waals surface area (Å²) in [4.78, 5) is 38.6. The van der Waals surface area contributed by atoms with Crippen molar-refractivity contribution in [3.8, 4) is 0 Å². The van der Waals surface area contributed by atoms with Crippen molar-refractivity contribution in [3.05, 3.63) is 51.9 Å². The summed E-state index contributed by atoms with van der Waals surface area (Å²) >= 11 is 1.33. The quantitative estimate of drug-likeness (QED) is 0.605. The molecule has 1 aromatic carbocycles. The number of nitrogens with one attached hydrogen (secondary N) is 2. The van der Waals surface area contributed by atoms with Crippen LogP contribution < -0.4 is 10.6 Å². The van der Waals surface area contributed by atoms with Gasteiger partial charge in [0.15, 0.2) is 6.61 Å². The molecular formula is C24H30N2O4S. The molecule has 1 unspecified atom stereocenters. The summed E-state index contributed by atoms with van der Waals surface area (Å²) in [5, 5.41) is 6.30. The summed E-state index contributed by atoms with van der Waals surface area (Å²) < 4.78 is 5.33. The Kier molecular flexibility index (Phi) is 6.84. The van der Waals surface area contributed by atoms with Gasteiger partial charge in [0.1, 0.15) is 5.00 Å². The molecule has 0 saturated heterocycles. The van der Waals surface area contributed by atoms with E-state index in [4.69, 9.17) is 4.74 Å². The number of rotatable bonds is 7. The maximum Gasteiger partial charge on any atom is 0.341 e.